The number of esters is 4. The molecule has 0 radical (unpaired) electrons. The summed E-state index contributed by atoms with van der Waals surface area (Å²) in [5, 5.41) is 10.6. The Morgan fingerprint density at radius 3 is 0.966 bits per heavy atom. The Morgan fingerprint density at radius 2 is 0.636 bits per heavy atom. The van der Waals surface area contributed by atoms with Crippen molar-refractivity contribution in [3.05, 3.63) is 24.3 Å². The van der Waals surface area contributed by atoms with Crippen molar-refractivity contribution in [1.29, 1.82) is 0 Å². The quantitative estimate of drug-likeness (QED) is 0.0169. The third kappa shape index (κ3) is 61.1. The van der Waals surface area contributed by atoms with Crippen molar-refractivity contribution >= 4 is 39.5 Å². The number of carbonyl (C=O) groups is 4. The molecular weight excluding hydrogens is 1160 g/mol. The first kappa shape index (κ1) is 85.5. The second kappa shape index (κ2) is 62.0. The van der Waals surface area contributed by atoms with Gasteiger partial charge in [0.25, 0.3) is 0 Å². The highest BCUT2D eigenvalue weighted by molar-refractivity contribution is 7.47. The van der Waals surface area contributed by atoms with E-state index in [1.54, 1.807) is 0 Å². The summed E-state index contributed by atoms with van der Waals surface area (Å²) in [7, 11) is -9.91. The maximum absolute atomic E-state index is 13.0. The number of hydrogen-bond donors (Lipinski definition) is 3. The molecule has 0 bridgehead atoms. The summed E-state index contributed by atoms with van der Waals surface area (Å²) in [5.41, 5.74) is 0. The van der Waals surface area contributed by atoms with Crippen LogP contribution in [-0.4, -0.2) is 96.7 Å². The maximum atomic E-state index is 13.0. The number of aliphatic hydroxyl groups excluding tert-OH is 1. The summed E-state index contributed by atoms with van der Waals surface area (Å²) in [4.78, 5) is 72.4. The molecule has 88 heavy (non-hydrogen) atoms. The van der Waals surface area contributed by atoms with Gasteiger partial charge < -0.3 is 33.8 Å². The van der Waals surface area contributed by atoms with Crippen LogP contribution in [0.25, 0.3) is 0 Å². The molecule has 0 rings (SSSR count). The van der Waals surface area contributed by atoms with Crippen molar-refractivity contribution in [3.63, 3.8) is 0 Å². The molecule has 0 heterocycles. The molecule has 0 aromatic heterocycles. The van der Waals surface area contributed by atoms with E-state index >= 15 is 0 Å². The average molecular weight is 1290 g/mol. The van der Waals surface area contributed by atoms with Crippen molar-refractivity contribution in [1.82, 2.24) is 0 Å². The van der Waals surface area contributed by atoms with Gasteiger partial charge in [-0.1, -0.05) is 277 Å². The molecular formula is C69H130O17P2. The zero-order valence-electron chi connectivity index (χ0n) is 56.3. The van der Waals surface area contributed by atoms with Crippen molar-refractivity contribution in [2.24, 2.45) is 5.92 Å². The van der Waals surface area contributed by atoms with E-state index in [0.29, 0.717) is 25.7 Å². The number of hydrogen-bond acceptors (Lipinski definition) is 15. The molecule has 0 aromatic rings. The molecule has 17 nitrogen and oxygen atoms in total. The Morgan fingerprint density at radius 1 is 0.364 bits per heavy atom. The third-order valence-electron chi connectivity index (χ3n) is 15.8. The first-order chi connectivity index (χ1) is 42.6. The molecule has 0 aliphatic rings. The van der Waals surface area contributed by atoms with E-state index in [1.165, 1.54) is 135 Å². The SMILES string of the molecule is CCCCCC/C=C\C=C/CCCCCCCC(=O)O[C@H](COC(=O)CCCCCCCCCCCCC(C)CC)COP(=O)(O)OC[C@@H](O)COP(=O)(O)OC[C@@H](COC(=O)CCCCCCCCCC)OC(=O)CCCCCCCCCCCCC. The Labute approximate surface area is 535 Å². The van der Waals surface area contributed by atoms with E-state index in [0.717, 1.165) is 115 Å². The molecule has 0 fully saturated rings. The number of allylic oxidation sites excluding steroid dienone is 4. The van der Waals surface area contributed by atoms with E-state index in [2.05, 4.69) is 58.9 Å². The molecule has 3 N–H and O–H groups in total. The average Bonchev–Trinajstić information content (AvgIpc) is 3.72. The van der Waals surface area contributed by atoms with Gasteiger partial charge in [-0.3, -0.25) is 37.3 Å². The van der Waals surface area contributed by atoms with Gasteiger partial charge in [0.1, 0.15) is 19.3 Å². The Bertz CT molecular complexity index is 1800. The lowest BCUT2D eigenvalue weighted by molar-refractivity contribution is -0.161. The predicted octanol–water partition coefficient (Wildman–Crippen LogP) is 19.3. The fourth-order valence-electron chi connectivity index (χ4n) is 9.89. The molecule has 0 saturated heterocycles. The first-order valence-electron chi connectivity index (χ1n) is 35.5. The zero-order chi connectivity index (χ0) is 64.9. The molecule has 3 unspecified atom stereocenters. The van der Waals surface area contributed by atoms with Crippen molar-refractivity contribution in [2.75, 3.05) is 39.6 Å². The predicted molar refractivity (Wildman–Crippen MR) is 354 cm³/mol. The number of aliphatic hydroxyl groups is 1. The molecule has 0 spiro atoms. The van der Waals surface area contributed by atoms with E-state index in [1.807, 2.05) is 0 Å². The van der Waals surface area contributed by atoms with Gasteiger partial charge in [-0.2, -0.15) is 0 Å². The van der Waals surface area contributed by atoms with Gasteiger partial charge in [0, 0.05) is 25.7 Å². The van der Waals surface area contributed by atoms with E-state index in [9.17, 15) is 43.2 Å². The summed E-state index contributed by atoms with van der Waals surface area (Å²) < 4.78 is 68.1. The van der Waals surface area contributed by atoms with Gasteiger partial charge in [-0.25, -0.2) is 9.13 Å². The van der Waals surface area contributed by atoms with Crippen LogP contribution in [-0.2, 0) is 65.4 Å². The van der Waals surface area contributed by atoms with Crippen LogP contribution in [0.2, 0.25) is 0 Å². The normalized spacial score (nSPS) is 14.6. The monoisotopic (exact) mass is 1290 g/mol. The van der Waals surface area contributed by atoms with Crippen LogP contribution in [0.4, 0.5) is 0 Å². The number of phosphoric acid groups is 2. The lowest BCUT2D eigenvalue weighted by Crippen LogP contribution is -2.30. The standard InChI is InChI=1S/C69H130O17P2/c1-6-10-13-16-19-22-24-25-26-27-29-35-40-45-50-55-69(74)86-65(59-80-67(72)53-48-43-38-33-31-30-32-36-41-46-51-62(5)9-4)61-84-88(77,78)82-57-63(70)56-81-87(75,76)83-60-64(58-79-66(71)52-47-42-37-21-18-15-12-8-3)85-68(73)54-49-44-39-34-28-23-20-17-14-11-7-2/h22,24-26,62-65,70H,6-21,23,27-61H2,1-5H3,(H,75,76)(H,77,78)/b24-22-,26-25-/t62?,63-,64+,65+/m0/s1. The smallest absolute Gasteiger partial charge is 0.462 e. The minimum atomic E-state index is -4.96. The highest BCUT2D eigenvalue weighted by atomic mass is 31.2. The second-order valence-electron chi connectivity index (χ2n) is 24.5. The topological polar surface area (TPSA) is 237 Å². The number of carbonyl (C=O) groups excluding carboxylic acids is 4. The molecule has 0 aromatic carbocycles. The minimum absolute atomic E-state index is 0.0850. The molecule has 0 amide bonds. The molecule has 19 heteroatoms. The van der Waals surface area contributed by atoms with Gasteiger partial charge in [-0.15, -0.1) is 0 Å². The Kier molecular flexibility index (Phi) is 60.3. The van der Waals surface area contributed by atoms with Gasteiger partial charge in [-0.05, 0) is 57.3 Å². The van der Waals surface area contributed by atoms with Crippen molar-refractivity contribution in [3.8, 4) is 0 Å². The molecule has 0 aliphatic carbocycles. The summed E-state index contributed by atoms with van der Waals surface area (Å²) in [6, 6.07) is 0. The molecule has 518 valence electrons. The van der Waals surface area contributed by atoms with E-state index in [4.69, 9.17) is 37.0 Å². The van der Waals surface area contributed by atoms with E-state index < -0.39 is 97.5 Å². The van der Waals surface area contributed by atoms with Crippen molar-refractivity contribution in [2.45, 2.75) is 348 Å². The minimum Gasteiger partial charge on any atom is -0.462 e. The Hall–Kier alpha value is -2.46. The molecule has 0 aliphatic heterocycles. The van der Waals surface area contributed by atoms with E-state index in [-0.39, 0.29) is 25.7 Å². The summed E-state index contributed by atoms with van der Waals surface area (Å²) >= 11 is 0. The lowest BCUT2D eigenvalue weighted by Gasteiger charge is -2.21. The largest absolute Gasteiger partial charge is 0.472 e. The van der Waals surface area contributed by atoms with Gasteiger partial charge >= 0.3 is 39.5 Å². The van der Waals surface area contributed by atoms with Crippen LogP contribution in [0, 0.1) is 5.92 Å². The number of unbranched alkanes of at least 4 members (excludes halogenated alkanes) is 35. The number of phosphoric ester groups is 2. The summed E-state index contributed by atoms with van der Waals surface area (Å²) in [5.74, 6) is -1.35. The second-order valence-corrected chi connectivity index (χ2v) is 27.4. The van der Waals surface area contributed by atoms with Crippen LogP contribution in [0.5, 0.6) is 0 Å². The van der Waals surface area contributed by atoms with Crippen LogP contribution in [0.3, 0.4) is 0 Å². The maximum Gasteiger partial charge on any atom is 0.472 e. The number of ether oxygens (including phenoxy) is 4. The zero-order valence-corrected chi connectivity index (χ0v) is 58.1. The van der Waals surface area contributed by atoms with Gasteiger partial charge in [0.15, 0.2) is 12.2 Å². The first-order valence-corrected chi connectivity index (χ1v) is 38.5. The van der Waals surface area contributed by atoms with Crippen LogP contribution >= 0.6 is 15.6 Å². The number of rotatable bonds is 67. The highest BCUT2D eigenvalue weighted by Gasteiger charge is 2.30. The fourth-order valence-corrected chi connectivity index (χ4v) is 11.5. The van der Waals surface area contributed by atoms with Crippen LogP contribution < -0.4 is 0 Å². The Balaban J connectivity index is 5.27. The molecule has 6 atom stereocenters. The third-order valence-corrected chi connectivity index (χ3v) is 17.7. The van der Waals surface area contributed by atoms with Crippen LogP contribution in [0.15, 0.2) is 24.3 Å². The fraction of sp³-hybridized carbons (Fsp3) is 0.884. The highest BCUT2D eigenvalue weighted by Crippen LogP contribution is 2.45. The van der Waals surface area contributed by atoms with Crippen molar-refractivity contribution < 1.29 is 80.2 Å². The van der Waals surface area contributed by atoms with Gasteiger partial charge in [0.2, 0.25) is 0 Å². The summed E-state index contributed by atoms with van der Waals surface area (Å²) in [6.45, 7) is 7.17. The molecule has 0 saturated carbocycles. The van der Waals surface area contributed by atoms with Gasteiger partial charge in [0.05, 0.1) is 26.4 Å². The van der Waals surface area contributed by atoms with Crippen LogP contribution in [0.1, 0.15) is 330 Å². The lowest BCUT2D eigenvalue weighted by atomic mass is 9.99. The summed E-state index contributed by atoms with van der Waals surface area (Å²) in [6.07, 6.45) is 50.6.